The molecule has 0 spiro atoms. The van der Waals surface area contributed by atoms with Crippen molar-refractivity contribution in [3.63, 3.8) is 0 Å². The topological polar surface area (TPSA) is 21.3 Å². The van der Waals surface area contributed by atoms with E-state index in [9.17, 15) is 0 Å². The molecule has 0 aromatic heterocycles. The Morgan fingerprint density at radius 3 is 2.43 bits per heavy atom. The molecule has 0 aliphatic heterocycles. The van der Waals surface area contributed by atoms with Crippen molar-refractivity contribution < 1.29 is 4.74 Å². The quantitative estimate of drug-likeness (QED) is 0.739. The third-order valence-corrected chi connectivity index (χ3v) is 3.94. The lowest BCUT2D eigenvalue weighted by molar-refractivity contribution is 0.466. The highest BCUT2D eigenvalue weighted by molar-refractivity contribution is 9.10. The van der Waals surface area contributed by atoms with Crippen molar-refractivity contribution in [1.29, 1.82) is 0 Å². The fourth-order valence-electron chi connectivity index (χ4n) is 2.20. The number of aryl methyl sites for hydroxylation is 2. The lowest BCUT2D eigenvalue weighted by Crippen LogP contribution is -2.12. The number of rotatable bonds is 5. The number of hydrogen-bond acceptors (Lipinski definition) is 2. The Morgan fingerprint density at radius 1 is 1.14 bits per heavy atom. The SMILES string of the molecule is CCNCc1ccc(Br)cc1Oc1c(C)cc(Cl)cc1C. The van der Waals surface area contributed by atoms with Gasteiger partial charge in [-0.25, -0.2) is 0 Å². The van der Waals surface area contributed by atoms with Gasteiger partial charge in [-0.05, 0) is 55.8 Å². The maximum atomic E-state index is 6.18. The van der Waals surface area contributed by atoms with Gasteiger partial charge in [-0.1, -0.05) is 40.5 Å². The summed E-state index contributed by atoms with van der Waals surface area (Å²) in [5.74, 6) is 1.73. The molecule has 0 fully saturated rings. The zero-order chi connectivity index (χ0) is 15.4. The Hall–Kier alpha value is -1.03. The van der Waals surface area contributed by atoms with E-state index in [1.165, 1.54) is 0 Å². The predicted octanol–water partition coefficient (Wildman–Crippen LogP) is 5.62. The molecule has 0 amide bonds. The predicted molar refractivity (Wildman–Crippen MR) is 92.5 cm³/mol. The molecule has 0 unspecified atom stereocenters. The van der Waals surface area contributed by atoms with E-state index in [4.69, 9.17) is 16.3 Å². The van der Waals surface area contributed by atoms with Crippen LogP contribution >= 0.6 is 27.5 Å². The minimum atomic E-state index is 0.736. The highest BCUT2D eigenvalue weighted by atomic mass is 79.9. The third kappa shape index (κ3) is 4.22. The largest absolute Gasteiger partial charge is 0.456 e. The van der Waals surface area contributed by atoms with Crippen LogP contribution in [0, 0.1) is 13.8 Å². The first kappa shape index (κ1) is 16.3. The zero-order valence-corrected chi connectivity index (χ0v) is 14.8. The van der Waals surface area contributed by atoms with Crippen LogP contribution in [0.2, 0.25) is 5.02 Å². The van der Waals surface area contributed by atoms with Gasteiger partial charge < -0.3 is 10.1 Å². The van der Waals surface area contributed by atoms with E-state index in [0.717, 1.165) is 50.8 Å². The van der Waals surface area contributed by atoms with Gasteiger partial charge in [0.25, 0.3) is 0 Å². The van der Waals surface area contributed by atoms with E-state index in [0.29, 0.717) is 0 Å². The summed E-state index contributed by atoms with van der Waals surface area (Å²) in [6.45, 7) is 7.82. The Kier molecular flexibility index (Phi) is 5.68. The molecule has 1 N–H and O–H groups in total. The van der Waals surface area contributed by atoms with Crippen molar-refractivity contribution in [2.45, 2.75) is 27.3 Å². The number of hydrogen-bond donors (Lipinski definition) is 1. The molecule has 0 saturated heterocycles. The minimum absolute atomic E-state index is 0.736. The monoisotopic (exact) mass is 367 g/mol. The average molecular weight is 369 g/mol. The highest BCUT2D eigenvalue weighted by Crippen LogP contribution is 2.34. The molecule has 0 heterocycles. The molecular weight excluding hydrogens is 350 g/mol. The molecule has 21 heavy (non-hydrogen) atoms. The van der Waals surface area contributed by atoms with Gasteiger partial charge in [0.15, 0.2) is 0 Å². The molecule has 0 aliphatic carbocycles. The van der Waals surface area contributed by atoms with Crippen molar-refractivity contribution in [3.8, 4) is 11.5 Å². The number of halogens is 2. The normalized spacial score (nSPS) is 10.7. The van der Waals surface area contributed by atoms with Crippen molar-refractivity contribution in [2.75, 3.05) is 6.54 Å². The Bertz CT molecular complexity index is 620. The summed E-state index contributed by atoms with van der Waals surface area (Å²) in [7, 11) is 0. The summed E-state index contributed by atoms with van der Waals surface area (Å²) in [6, 6.07) is 9.95. The molecule has 0 bridgehead atoms. The second kappa shape index (κ2) is 7.30. The summed E-state index contributed by atoms with van der Waals surface area (Å²) in [4.78, 5) is 0. The lowest BCUT2D eigenvalue weighted by Gasteiger charge is -2.16. The smallest absolute Gasteiger partial charge is 0.133 e. The molecule has 0 aliphatic rings. The van der Waals surface area contributed by atoms with Crippen molar-refractivity contribution in [2.24, 2.45) is 0 Å². The summed E-state index contributed by atoms with van der Waals surface area (Å²) >= 11 is 9.58. The van der Waals surface area contributed by atoms with Crippen LogP contribution in [0.4, 0.5) is 0 Å². The first-order valence-corrected chi connectivity index (χ1v) is 8.12. The molecular formula is C17H19BrClNO. The maximum Gasteiger partial charge on any atom is 0.133 e. The molecule has 0 radical (unpaired) electrons. The molecule has 0 atom stereocenters. The van der Waals surface area contributed by atoms with Gasteiger partial charge in [-0.3, -0.25) is 0 Å². The number of nitrogens with one attached hydrogen (secondary N) is 1. The van der Waals surface area contributed by atoms with Crippen LogP contribution in [0.25, 0.3) is 0 Å². The summed E-state index contributed by atoms with van der Waals surface area (Å²) in [6.07, 6.45) is 0. The molecule has 2 nitrogen and oxygen atoms in total. The van der Waals surface area contributed by atoms with Crippen LogP contribution < -0.4 is 10.1 Å². The van der Waals surface area contributed by atoms with Crippen LogP contribution in [0.15, 0.2) is 34.8 Å². The standard InChI is InChI=1S/C17H19BrClNO/c1-4-20-10-13-5-6-14(18)9-16(13)21-17-11(2)7-15(19)8-12(17)3/h5-9,20H,4,10H2,1-3H3. The lowest BCUT2D eigenvalue weighted by atomic mass is 10.1. The highest BCUT2D eigenvalue weighted by Gasteiger charge is 2.11. The van der Waals surface area contributed by atoms with Gasteiger partial charge in [0.2, 0.25) is 0 Å². The van der Waals surface area contributed by atoms with Crippen LogP contribution in [0.1, 0.15) is 23.6 Å². The van der Waals surface area contributed by atoms with Crippen LogP contribution in [0.5, 0.6) is 11.5 Å². The third-order valence-electron chi connectivity index (χ3n) is 3.23. The van der Waals surface area contributed by atoms with Gasteiger partial charge in [0.05, 0.1) is 0 Å². The second-order valence-corrected chi connectivity index (χ2v) is 6.36. The molecule has 0 saturated carbocycles. The van der Waals surface area contributed by atoms with Gasteiger partial charge >= 0.3 is 0 Å². The van der Waals surface area contributed by atoms with Crippen molar-refractivity contribution in [1.82, 2.24) is 5.32 Å². The Morgan fingerprint density at radius 2 is 1.81 bits per heavy atom. The fraction of sp³-hybridized carbons (Fsp3) is 0.294. The van der Waals surface area contributed by atoms with Gasteiger partial charge in [0.1, 0.15) is 11.5 Å². The minimum Gasteiger partial charge on any atom is -0.456 e. The van der Waals surface area contributed by atoms with Gasteiger partial charge in [0, 0.05) is 21.6 Å². The van der Waals surface area contributed by atoms with E-state index in [2.05, 4.69) is 34.2 Å². The van der Waals surface area contributed by atoms with Gasteiger partial charge in [-0.15, -0.1) is 0 Å². The first-order valence-electron chi connectivity index (χ1n) is 6.95. The van der Waals surface area contributed by atoms with Crippen LogP contribution in [0.3, 0.4) is 0 Å². The van der Waals surface area contributed by atoms with E-state index in [1.807, 2.05) is 38.1 Å². The van der Waals surface area contributed by atoms with Crippen LogP contribution in [-0.2, 0) is 6.54 Å². The maximum absolute atomic E-state index is 6.18. The van der Waals surface area contributed by atoms with E-state index in [1.54, 1.807) is 0 Å². The number of ether oxygens (including phenoxy) is 1. The van der Waals surface area contributed by atoms with Crippen molar-refractivity contribution in [3.05, 3.63) is 56.5 Å². The summed E-state index contributed by atoms with van der Waals surface area (Å²) in [5.41, 5.74) is 3.21. The first-order chi connectivity index (χ1) is 10.0. The molecule has 112 valence electrons. The summed E-state index contributed by atoms with van der Waals surface area (Å²) < 4.78 is 7.18. The van der Waals surface area contributed by atoms with E-state index >= 15 is 0 Å². The fourth-order valence-corrected chi connectivity index (χ4v) is 2.86. The summed E-state index contributed by atoms with van der Waals surface area (Å²) in [5, 5.41) is 4.07. The van der Waals surface area contributed by atoms with E-state index < -0.39 is 0 Å². The molecule has 4 heteroatoms. The number of benzene rings is 2. The Balaban J connectivity index is 2.36. The Labute approximate surface area is 139 Å². The van der Waals surface area contributed by atoms with Crippen LogP contribution in [-0.4, -0.2) is 6.54 Å². The second-order valence-electron chi connectivity index (χ2n) is 5.00. The molecule has 2 aromatic rings. The molecule has 2 rings (SSSR count). The van der Waals surface area contributed by atoms with E-state index in [-0.39, 0.29) is 0 Å². The average Bonchev–Trinajstić information content (AvgIpc) is 2.42. The van der Waals surface area contributed by atoms with Gasteiger partial charge in [-0.2, -0.15) is 0 Å². The van der Waals surface area contributed by atoms with Crippen molar-refractivity contribution >= 4 is 27.5 Å². The zero-order valence-electron chi connectivity index (χ0n) is 12.5. The molecule has 2 aromatic carbocycles.